The minimum atomic E-state index is -3.70. The van der Waals surface area contributed by atoms with Gasteiger partial charge in [-0.15, -0.1) is 0 Å². The zero-order valence-corrected chi connectivity index (χ0v) is 12.7. The lowest BCUT2D eigenvalue weighted by atomic mass is 10.1. The lowest BCUT2D eigenvalue weighted by molar-refractivity contribution is 0.129. The number of halogens is 1. The van der Waals surface area contributed by atoms with Crippen molar-refractivity contribution < 1.29 is 13.5 Å². The van der Waals surface area contributed by atoms with Gasteiger partial charge in [0.1, 0.15) is 0 Å². The number of nitrogen functional groups attached to an aromatic ring is 1. The Morgan fingerprint density at radius 2 is 2.00 bits per heavy atom. The predicted molar refractivity (Wildman–Crippen MR) is 76.6 cm³/mol. The average molecular weight is 307 g/mol. The molecule has 0 heterocycles. The van der Waals surface area contributed by atoms with Gasteiger partial charge in [0.05, 0.1) is 21.7 Å². The van der Waals surface area contributed by atoms with Gasteiger partial charge in [-0.05, 0) is 30.5 Å². The van der Waals surface area contributed by atoms with Crippen LogP contribution >= 0.6 is 11.6 Å². The van der Waals surface area contributed by atoms with Crippen molar-refractivity contribution in [3.05, 3.63) is 22.7 Å². The van der Waals surface area contributed by atoms with E-state index in [-0.39, 0.29) is 23.0 Å². The molecule has 0 amide bonds. The molecular formula is C12H19ClN2O3S. The molecule has 1 aromatic carbocycles. The van der Waals surface area contributed by atoms with E-state index in [1.807, 2.05) is 13.8 Å². The maximum absolute atomic E-state index is 12.1. The molecule has 0 radical (unpaired) electrons. The molecule has 1 rings (SSSR count). The molecule has 7 heteroatoms. The summed E-state index contributed by atoms with van der Waals surface area (Å²) in [5.74, 6) is -0.0280. The summed E-state index contributed by atoms with van der Waals surface area (Å²) in [6.45, 7) is 5.26. The van der Waals surface area contributed by atoms with Gasteiger partial charge in [0, 0.05) is 6.54 Å². The fraction of sp³-hybridized carbons (Fsp3) is 0.500. The number of aryl methyl sites for hydroxylation is 1. The van der Waals surface area contributed by atoms with E-state index in [1.54, 1.807) is 6.92 Å². The predicted octanol–water partition coefficient (Wildman–Crippen LogP) is 1.53. The highest BCUT2D eigenvalue weighted by Gasteiger charge is 2.19. The zero-order valence-electron chi connectivity index (χ0n) is 11.1. The molecule has 0 saturated carbocycles. The third kappa shape index (κ3) is 4.07. The number of sulfonamides is 1. The standard InChI is InChI=1S/C12H19ClN2O3S/c1-7(2)11(16)6-15-19(17,18)9-4-8(3)12(13)10(14)5-9/h4-5,7,11,15-16H,6,14H2,1-3H3. The van der Waals surface area contributed by atoms with Gasteiger partial charge in [-0.3, -0.25) is 0 Å². The summed E-state index contributed by atoms with van der Waals surface area (Å²) in [5.41, 5.74) is 6.45. The number of rotatable bonds is 5. The van der Waals surface area contributed by atoms with Gasteiger partial charge in [0.25, 0.3) is 0 Å². The molecule has 0 aromatic heterocycles. The highest BCUT2D eigenvalue weighted by molar-refractivity contribution is 7.89. The second kappa shape index (κ2) is 6.09. The van der Waals surface area contributed by atoms with Crippen LogP contribution in [0.3, 0.4) is 0 Å². The third-order valence-corrected chi connectivity index (χ3v) is 4.74. The van der Waals surface area contributed by atoms with Gasteiger partial charge in [-0.2, -0.15) is 0 Å². The second-order valence-corrected chi connectivity index (χ2v) is 6.95. The molecule has 0 aliphatic carbocycles. The van der Waals surface area contributed by atoms with Crippen molar-refractivity contribution in [3.8, 4) is 0 Å². The maximum atomic E-state index is 12.1. The Labute approximate surface area is 118 Å². The number of hydrogen-bond donors (Lipinski definition) is 3. The number of anilines is 1. The molecule has 4 N–H and O–H groups in total. The largest absolute Gasteiger partial charge is 0.397 e. The quantitative estimate of drug-likeness (QED) is 0.719. The van der Waals surface area contributed by atoms with Crippen molar-refractivity contribution in [2.75, 3.05) is 12.3 Å². The van der Waals surface area contributed by atoms with Crippen molar-refractivity contribution in [2.45, 2.75) is 31.8 Å². The normalized spacial score (nSPS) is 13.8. The number of nitrogens with two attached hydrogens (primary N) is 1. The molecule has 0 bridgehead atoms. The van der Waals surface area contributed by atoms with Gasteiger partial charge in [-0.25, -0.2) is 13.1 Å². The maximum Gasteiger partial charge on any atom is 0.240 e. The first-order chi connectivity index (χ1) is 8.65. The van der Waals surface area contributed by atoms with Gasteiger partial charge in [0.2, 0.25) is 10.0 Å². The number of benzene rings is 1. The Balaban J connectivity index is 2.95. The van der Waals surface area contributed by atoms with E-state index in [0.29, 0.717) is 10.6 Å². The fourth-order valence-electron chi connectivity index (χ4n) is 1.43. The monoisotopic (exact) mass is 306 g/mol. The van der Waals surface area contributed by atoms with Gasteiger partial charge >= 0.3 is 0 Å². The smallest absolute Gasteiger partial charge is 0.240 e. The summed E-state index contributed by atoms with van der Waals surface area (Å²) in [5, 5.41) is 9.97. The Kier molecular flexibility index (Phi) is 5.20. The van der Waals surface area contributed by atoms with Gasteiger partial charge in [-0.1, -0.05) is 25.4 Å². The third-order valence-electron chi connectivity index (χ3n) is 2.82. The van der Waals surface area contributed by atoms with Gasteiger partial charge < -0.3 is 10.8 Å². The number of nitrogens with one attached hydrogen (secondary N) is 1. The Morgan fingerprint density at radius 1 is 1.42 bits per heavy atom. The van der Waals surface area contributed by atoms with E-state index in [9.17, 15) is 13.5 Å². The Hall–Kier alpha value is -0.820. The summed E-state index contributed by atoms with van der Waals surface area (Å²) < 4.78 is 26.5. The molecule has 108 valence electrons. The van der Waals surface area contributed by atoms with Crippen LogP contribution in [0.25, 0.3) is 0 Å². The van der Waals surface area contributed by atoms with E-state index < -0.39 is 16.1 Å². The van der Waals surface area contributed by atoms with Crippen LogP contribution in [-0.2, 0) is 10.0 Å². The molecule has 0 saturated heterocycles. The molecule has 0 fully saturated rings. The van der Waals surface area contributed by atoms with Crippen LogP contribution in [-0.4, -0.2) is 26.2 Å². The van der Waals surface area contributed by atoms with E-state index in [1.165, 1.54) is 12.1 Å². The molecule has 1 aromatic rings. The van der Waals surface area contributed by atoms with Crippen molar-refractivity contribution in [1.82, 2.24) is 4.72 Å². The lowest BCUT2D eigenvalue weighted by Crippen LogP contribution is -2.34. The average Bonchev–Trinajstić information content (AvgIpc) is 2.32. The molecular weight excluding hydrogens is 288 g/mol. The Morgan fingerprint density at radius 3 is 2.47 bits per heavy atom. The molecule has 1 atom stereocenters. The van der Waals surface area contributed by atoms with E-state index in [0.717, 1.165) is 0 Å². The van der Waals surface area contributed by atoms with E-state index in [2.05, 4.69) is 4.72 Å². The second-order valence-electron chi connectivity index (χ2n) is 4.81. The van der Waals surface area contributed by atoms with Crippen LogP contribution in [0.5, 0.6) is 0 Å². The number of aliphatic hydroxyl groups is 1. The van der Waals surface area contributed by atoms with Crippen molar-refractivity contribution in [1.29, 1.82) is 0 Å². The number of hydrogen-bond acceptors (Lipinski definition) is 4. The Bertz CT molecular complexity index is 535. The van der Waals surface area contributed by atoms with Crippen molar-refractivity contribution >= 4 is 27.3 Å². The first-order valence-electron chi connectivity index (χ1n) is 5.88. The minimum Gasteiger partial charge on any atom is -0.397 e. The van der Waals surface area contributed by atoms with Crippen LogP contribution in [0.15, 0.2) is 17.0 Å². The fourth-order valence-corrected chi connectivity index (χ4v) is 2.71. The minimum absolute atomic E-state index is 0.0280. The first kappa shape index (κ1) is 16.2. The SMILES string of the molecule is Cc1cc(S(=O)(=O)NCC(O)C(C)C)cc(N)c1Cl. The molecule has 0 aliphatic heterocycles. The molecule has 1 unspecified atom stereocenters. The van der Waals surface area contributed by atoms with E-state index >= 15 is 0 Å². The summed E-state index contributed by atoms with van der Waals surface area (Å²) in [6.07, 6.45) is -0.736. The van der Waals surface area contributed by atoms with Crippen LogP contribution in [0.2, 0.25) is 5.02 Å². The number of aliphatic hydroxyl groups excluding tert-OH is 1. The first-order valence-corrected chi connectivity index (χ1v) is 7.74. The highest BCUT2D eigenvalue weighted by Crippen LogP contribution is 2.26. The van der Waals surface area contributed by atoms with Crippen LogP contribution in [0.4, 0.5) is 5.69 Å². The summed E-state index contributed by atoms with van der Waals surface area (Å²) >= 11 is 5.89. The molecule has 5 nitrogen and oxygen atoms in total. The van der Waals surface area contributed by atoms with Crippen LogP contribution < -0.4 is 10.5 Å². The molecule has 0 spiro atoms. The molecule has 19 heavy (non-hydrogen) atoms. The van der Waals surface area contributed by atoms with Crippen molar-refractivity contribution in [3.63, 3.8) is 0 Å². The van der Waals surface area contributed by atoms with Crippen LogP contribution in [0, 0.1) is 12.8 Å². The summed E-state index contributed by atoms with van der Waals surface area (Å²) in [4.78, 5) is 0.0443. The van der Waals surface area contributed by atoms with Crippen molar-refractivity contribution in [2.24, 2.45) is 5.92 Å². The zero-order chi connectivity index (χ0) is 14.8. The van der Waals surface area contributed by atoms with Gasteiger partial charge in [0.15, 0.2) is 0 Å². The van der Waals surface area contributed by atoms with E-state index in [4.69, 9.17) is 17.3 Å². The highest BCUT2D eigenvalue weighted by atomic mass is 35.5. The van der Waals surface area contributed by atoms with Crippen LogP contribution in [0.1, 0.15) is 19.4 Å². The summed E-state index contributed by atoms with van der Waals surface area (Å²) in [6, 6.07) is 2.75. The summed E-state index contributed by atoms with van der Waals surface area (Å²) in [7, 11) is -3.70. The lowest BCUT2D eigenvalue weighted by Gasteiger charge is -2.16. The topological polar surface area (TPSA) is 92.4 Å². The molecule has 0 aliphatic rings.